The first kappa shape index (κ1) is 13.3. The number of carbonyl (C=O) groups excluding carboxylic acids is 1. The first-order chi connectivity index (χ1) is 10.2. The molecule has 3 aliphatic rings. The van der Waals surface area contributed by atoms with Crippen molar-refractivity contribution in [1.29, 1.82) is 0 Å². The summed E-state index contributed by atoms with van der Waals surface area (Å²) >= 11 is 0. The molecule has 3 heteroatoms. The third-order valence-electron chi connectivity index (χ3n) is 5.42. The fourth-order valence-electron chi connectivity index (χ4n) is 3.88. The molecular formula is C18H24N2O. The van der Waals surface area contributed by atoms with Crippen LogP contribution in [0, 0.1) is 24.7 Å². The third kappa shape index (κ3) is 2.59. The first-order valence-corrected chi connectivity index (χ1v) is 8.32. The lowest BCUT2D eigenvalue weighted by atomic mass is 9.96. The van der Waals surface area contributed by atoms with Gasteiger partial charge < -0.3 is 4.90 Å². The number of benzene rings is 1. The average molecular weight is 284 g/mol. The molecular weight excluding hydrogens is 260 g/mol. The van der Waals surface area contributed by atoms with Gasteiger partial charge in [-0.25, -0.2) is 0 Å². The Hall–Kier alpha value is -1.35. The lowest BCUT2D eigenvalue weighted by molar-refractivity contribution is -0.128. The summed E-state index contributed by atoms with van der Waals surface area (Å²) in [5, 5.41) is 3.41. The number of rotatable bonds is 5. The molecule has 1 aromatic rings. The lowest BCUT2D eigenvalue weighted by Gasteiger charge is -2.30. The van der Waals surface area contributed by atoms with E-state index in [2.05, 4.69) is 41.4 Å². The van der Waals surface area contributed by atoms with E-state index in [1.807, 2.05) is 0 Å². The summed E-state index contributed by atoms with van der Waals surface area (Å²) in [6.45, 7) is 3.58. The fourth-order valence-corrected chi connectivity index (χ4v) is 3.88. The zero-order chi connectivity index (χ0) is 14.4. The standard InChI is InChI=1S/C18H24N2O/c1-12-4-2-3-5-15(12)18-19-10-17(21)20(18)11-16(13-6-7-13)14-8-9-14/h2-5,13-14,16,18-19H,6-11H2,1H3. The van der Waals surface area contributed by atoms with Crippen LogP contribution in [0.3, 0.4) is 0 Å². The zero-order valence-electron chi connectivity index (χ0n) is 12.7. The second-order valence-corrected chi connectivity index (χ2v) is 7.02. The molecule has 1 N–H and O–H groups in total. The summed E-state index contributed by atoms with van der Waals surface area (Å²) in [5.41, 5.74) is 2.53. The van der Waals surface area contributed by atoms with Crippen LogP contribution in [-0.4, -0.2) is 23.9 Å². The number of hydrogen-bond acceptors (Lipinski definition) is 2. The van der Waals surface area contributed by atoms with E-state index in [0.717, 1.165) is 24.3 Å². The monoisotopic (exact) mass is 284 g/mol. The molecule has 1 heterocycles. The molecule has 3 fully saturated rings. The van der Waals surface area contributed by atoms with Gasteiger partial charge >= 0.3 is 0 Å². The summed E-state index contributed by atoms with van der Waals surface area (Å²) in [5.74, 6) is 2.81. The molecule has 1 saturated heterocycles. The minimum absolute atomic E-state index is 0.0821. The second kappa shape index (κ2) is 5.13. The number of nitrogens with one attached hydrogen (secondary N) is 1. The maximum atomic E-state index is 12.4. The van der Waals surface area contributed by atoms with E-state index in [1.165, 1.54) is 36.8 Å². The molecule has 3 nitrogen and oxygen atoms in total. The lowest BCUT2D eigenvalue weighted by Crippen LogP contribution is -2.36. The number of nitrogens with zero attached hydrogens (tertiary/aromatic N) is 1. The molecule has 112 valence electrons. The molecule has 1 unspecified atom stereocenters. The summed E-state index contributed by atoms with van der Waals surface area (Å²) in [7, 11) is 0. The van der Waals surface area contributed by atoms with Crippen molar-refractivity contribution in [1.82, 2.24) is 10.2 Å². The highest BCUT2D eigenvalue weighted by Gasteiger charge is 2.44. The SMILES string of the molecule is Cc1ccccc1C1NCC(=O)N1CC(C1CC1)C1CC1. The molecule has 0 aromatic heterocycles. The Morgan fingerprint density at radius 1 is 1.19 bits per heavy atom. The van der Waals surface area contributed by atoms with Crippen molar-refractivity contribution in [3.63, 3.8) is 0 Å². The Morgan fingerprint density at radius 2 is 1.86 bits per heavy atom. The van der Waals surface area contributed by atoms with Gasteiger partial charge in [0.25, 0.3) is 0 Å². The number of aryl methyl sites for hydroxylation is 1. The van der Waals surface area contributed by atoms with E-state index in [4.69, 9.17) is 0 Å². The van der Waals surface area contributed by atoms with Gasteiger partial charge in [-0.3, -0.25) is 10.1 Å². The summed E-state index contributed by atoms with van der Waals surface area (Å²) in [6.07, 6.45) is 5.60. The van der Waals surface area contributed by atoms with Crippen LogP contribution in [0.2, 0.25) is 0 Å². The van der Waals surface area contributed by atoms with Crippen molar-refractivity contribution in [3.05, 3.63) is 35.4 Å². The van der Waals surface area contributed by atoms with E-state index < -0.39 is 0 Å². The van der Waals surface area contributed by atoms with Crippen LogP contribution in [-0.2, 0) is 4.79 Å². The largest absolute Gasteiger partial charge is 0.322 e. The highest BCUT2D eigenvalue weighted by Crippen LogP contribution is 2.50. The topological polar surface area (TPSA) is 32.3 Å². The van der Waals surface area contributed by atoms with Crippen molar-refractivity contribution in [3.8, 4) is 0 Å². The van der Waals surface area contributed by atoms with Crippen LogP contribution in [0.4, 0.5) is 0 Å². The van der Waals surface area contributed by atoms with Crippen LogP contribution in [0.1, 0.15) is 43.0 Å². The van der Waals surface area contributed by atoms with E-state index in [0.29, 0.717) is 6.54 Å². The summed E-state index contributed by atoms with van der Waals surface area (Å²) < 4.78 is 0. The molecule has 2 saturated carbocycles. The van der Waals surface area contributed by atoms with Crippen LogP contribution in [0.25, 0.3) is 0 Å². The van der Waals surface area contributed by atoms with Crippen molar-refractivity contribution in [2.45, 2.75) is 38.8 Å². The van der Waals surface area contributed by atoms with Gasteiger partial charge in [0.05, 0.1) is 6.54 Å². The van der Waals surface area contributed by atoms with E-state index in [9.17, 15) is 4.79 Å². The maximum Gasteiger partial charge on any atom is 0.238 e. The van der Waals surface area contributed by atoms with Gasteiger partial charge in [0.2, 0.25) is 5.91 Å². The first-order valence-electron chi connectivity index (χ1n) is 8.32. The quantitative estimate of drug-likeness (QED) is 0.901. The second-order valence-electron chi connectivity index (χ2n) is 7.02. The Morgan fingerprint density at radius 3 is 2.48 bits per heavy atom. The van der Waals surface area contributed by atoms with Crippen molar-refractivity contribution in [2.75, 3.05) is 13.1 Å². The normalized spacial score (nSPS) is 25.9. The average Bonchev–Trinajstić information content (AvgIpc) is 3.37. The Labute approximate surface area is 126 Å². The van der Waals surface area contributed by atoms with Gasteiger partial charge in [-0.1, -0.05) is 24.3 Å². The van der Waals surface area contributed by atoms with E-state index in [-0.39, 0.29) is 12.1 Å². The van der Waals surface area contributed by atoms with Crippen molar-refractivity contribution < 1.29 is 4.79 Å². The smallest absolute Gasteiger partial charge is 0.238 e. The summed E-state index contributed by atoms with van der Waals surface area (Å²) in [4.78, 5) is 14.5. The highest BCUT2D eigenvalue weighted by molar-refractivity contribution is 5.81. The van der Waals surface area contributed by atoms with Gasteiger partial charge in [-0.15, -0.1) is 0 Å². The Balaban J connectivity index is 1.56. The maximum absolute atomic E-state index is 12.4. The Kier molecular flexibility index (Phi) is 3.26. The van der Waals surface area contributed by atoms with E-state index in [1.54, 1.807) is 0 Å². The van der Waals surface area contributed by atoms with Gasteiger partial charge in [-0.2, -0.15) is 0 Å². The molecule has 0 spiro atoms. The molecule has 0 bridgehead atoms. The number of hydrogen-bond donors (Lipinski definition) is 1. The minimum Gasteiger partial charge on any atom is -0.322 e. The molecule has 21 heavy (non-hydrogen) atoms. The molecule has 2 aliphatic carbocycles. The van der Waals surface area contributed by atoms with Crippen LogP contribution in [0.15, 0.2) is 24.3 Å². The third-order valence-corrected chi connectivity index (χ3v) is 5.42. The molecule has 1 amide bonds. The van der Waals surface area contributed by atoms with Gasteiger partial charge in [0.1, 0.15) is 6.17 Å². The van der Waals surface area contributed by atoms with Gasteiger partial charge in [0, 0.05) is 6.54 Å². The van der Waals surface area contributed by atoms with Crippen LogP contribution < -0.4 is 5.32 Å². The molecule has 1 atom stereocenters. The van der Waals surface area contributed by atoms with E-state index >= 15 is 0 Å². The molecule has 0 radical (unpaired) electrons. The predicted octanol–water partition coefficient (Wildman–Crippen LogP) is 2.86. The summed E-state index contributed by atoms with van der Waals surface area (Å²) in [6, 6.07) is 8.43. The Bertz CT molecular complexity index is 536. The zero-order valence-corrected chi connectivity index (χ0v) is 12.7. The molecule has 4 rings (SSSR count). The van der Waals surface area contributed by atoms with Gasteiger partial charge in [0.15, 0.2) is 0 Å². The molecule has 1 aliphatic heterocycles. The van der Waals surface area contributed by atoms with Gasteiger partial charge in [-0.05, 0) is 61.5 Å². The number of amides is 1. The predicted molar refractivity (Wildman–Crippen MR) is 82.6 cm³/mol. The number of carbonyl (C=O) groups is 1. The highest BCUT2D eigenvalue weighted by atomic mass is 16.2. The van der Waals surface area contributed by atoms with Crippen LogP contribution >= 0.6 is 0 Å². The van der Waals surface area contributed by atoms with Crippen molar-refractivity contribution >= 4 is 5.91 Å². The van der Waals surface area contributed by atoms with Crippen LogP contribution in [0.5, 0.6) is 0 Å². The fraction of sp³-hybridized carbons (Fsp3) is 0.611. The van der Waals surface area contributed by atoms with Crippen molar-refractivity contribution in [2.24, 2.45) is 17.8 Å². The molecule has 1 aromatic carbocycles. The minimum atomic E-state index is 0.0821.